The lowest BCUT2D eigenvalue weighted by molar-refractivity contribution is -0.137. The van der Waals surface area contributed by atoms with Crippen molar-refractivity contribution in [2.75, 3.05) is 20.8 Å². The maximum Gasteiger partial charge on any atom is 0.226 e. The first-order valence-electron chi connectivity index (χ1n) is 8.92. The maximum atomic E-state index is 13.0. The molecule has 2 aliphatic rings. The molecule has 2 N–H and O–H groups in total. The molecule has 1 saturated heterocycles. The van der Waals surface area contributed by atoms with Crippen molar-refractivity contribution < 1.29 is 14.3 Å². The second-order valence-electron chi connectivity index (χ2n) is 6.93. The lowest BCUT2D eigenvalue weighted by atomic mass is 9.85. The summed E-state index contributed by atoms with van der Waals surface area (Å²) >= 11 is 0. The highest BCUT2D eigenvalue weighted by atomic mass is 35.5. The first-order valence-corrected chi connectivity index (χ1v) is 8.92. The Morgan fingerprint density at radius 2 is 1.88 bits per heavy atom. The zero-order valence-electron chi connectivity index (χ0n) is 15.1. The molecule has 1 aliphatic carbocycles. The van der Waals surface area contributed by atoms with Crippen LogP contribution in [0.5, 0.6) is 11.5 Å². The smallest absolute Gasteiger partial charge is 0.226 e. The van der Waals surface area contributed by atoms with Gasteiger partial charge in [0.15, 0.2) is 11.5 Å². The second kappa shape index (κ2) is 8.77. The van der Waals surface area contributed by atoms with E-state index in [1.165, 1.54) is 0 Å². The van der Waals surface area contributed by atoms with Crippen molar-refractivity contribution in [3.8, 4) is 11.5 Å². The number of amides is 1. The molecule has 1 heterocycles. The highest BCUT2D eigenvalue weighted by Gasteiger charge is 2.35. The van der Waals surface area contributed by atoms with E-state index in [0.717, 1.165) is 56.4 Å². The van der Waals surface area contributed by atoms with Gasteiger partial charge in [0.2, 0.25) is 5.91 Å². The molecule has 3 unspecified atom stereocenters. The molecule has 1 saturated carbocycles. The number of halogens is 1. The van der Waals surface area contributed by atoms with Gasteiger partial charge >= 0.3 is 0 Å². The molecule has 5 nitrogen and oxygen atoms in total. The molecule has 140 valence electrons. The summed E-state index contributed by atoms with van der Waals surface area (Å²) in [5, 5.41) is 0. The quantitative estimate of drug-likeness (QED) is 0.885. The minimum atomic E-state index is 0. The average molecular weight is 369 g/mol. The Morgan fingerprint density at radius 3 is 2.56 bits per heavy atom. The lowest BCUT2D eigenvalue weighted by Gasteiger charge is -2.32. The second-order valence-corrected chi connectivity index (χ2v) is 6.93. The third-order valence-corrected chi connectivity index (χ3v) is 5.39. The summed E-state index contributed by atoms with van der Waals surface area (Å²) in [5.74, 6) is 1.81. The first-order chi connectivity index (χ1) is 11.6. The van der Waals surface area contributed by atoms with E-state index in [1.807, 2.05) is 18.2 Å². The van der Waals surface area contributed by atoms with Gasteiger partial charge in [0.05, 0.1) is 20.3 Å². The van der Waals surface area contributed by atoms with Crippen LogP contribution in [0.25, 0.3) is 0 Å². The van der Waals surface area contributed by atoms with Crippen LogP contribution in [0.4, 0.5) is 0 Å². The lowest BCUT2D eigenvalue weighted by Crippen LogP contribution is -2.40. The number of ether oxygens (including phenoxy) is 2. The molecule has 3 rings (SSSR count). The Labute approximate surface area is 156 Å². The number of nitrogens with two attached hydrogens (primary N) is 1. The van der Waals surface area contributed by atoms with Crippen LogP contribution < -0.4 is 15.2 Å². The molecular weight excluding hydrogens is 340 g/mol. The molecule has 0 aromatic heterocycles. The monoisotopic (exact) mass is 368 g/mol. The van der Waals surface area contributed by atoms with Crippen LogP contribution in [-0.4, -0.2) is 37.6 Å². The van der Waals surface area contributed by atoms with Gasteiger partial charge in [-0.3, -0.25) is 4.79 Å². The Morgan fingerprint density at radius 1 is 1.12 bits per heavy atom. The number of carbonyl (C=O) groups excluding carboxylic acids is 1. The van der Waals surface area contributed by atoms with Crippen molar-refractivity contribution >= 4 is 18.3 Å². The van der Waals surface area contributed by atoms with Gasteiger partial charge in [-0.15, -0.1) is 12.4 Å². The zero-order chi connectivity index (χ0) is 17.1. The Balaban J connectivity index is 0.00000225. The summed E-state index contributed by atoms with van der Waals surface area (Å²) in [6.07, 6.45) is 5.95. The van der Waals surface area contributed by atoms with E-state index in [4.69, 9.17) is 15.2 Å². The first kappa shape index (κ1) is 19.9. The topological polar surface area (TPSA) is 64.8 Å². The highest BCUT2D eigenvalue weighted by Crippen LogP contribution is 2.38. The average Bonchev–Trinajstić information content (AvgIpc) is 3.10. The van der Waals surface area contributed by atoms with E-state index < -0.39 is 0 Å². The van der Waals surface area contributed by atoms with Crippen molar-refractivity contribution in [1.29, 1.82) is 0 Å². The molecule has 2 fully saturated rings. The fraction of sp³-hybridized carbons (Fsp3) is 0.632. The van der Waals surface area contributed by atoms with E-state index in [2.05, 4.69) is 4.90 Å². The molecule has 1 aliphatic heterocycles. The van der Waals surface area contributed by atoms with Crippen LogP contribution in [0, 0.1) is 5.92 Å². The van der Waals surface area contributed by atoms with Crippen LogP contribution in [-0.2, 0) is 4.79 Å². The van der Waals surface area contributed by atoms with E-state index in [9.17, 15) is 4.79 Å². The van der Waals surface area contributed by atoms with E-state index in [1.54, 1.807) is 14.2 Å². The molecule has 25 heavy (non-hydrogen) atoms. The standard InChI is InChI=1S/C19H28N2O3.ClH/c1-23-17-9-8-13(12-18(17)24-2)16-7-4-10-21(16)19(22)14-5-3-6-15(20)11-14;/h8-9,12,14-16H,3-7,10-11,20H2,1-2H3;1H. The van der Waals surface area contributed by atoms with Gasteiger partial charge in [-0.25, -0.2) is 0 Å². The molecule has 6 heteroatoms. The van der Waals surface area contributed by atoms with Crippen molar-refractivity contribution in [3.05, 3.63) is 23.8 Å². The molecule has 0 spiro atoms. The van der Waals surface area contributed by atoms with Gasteiger partial charge < -0.3 is 20.1 Å². The number of likely N-dealkylation sites (tertiary alicyclic amines) is 1. The van der Waals surface area contributed by atoms with Crippen LogP contribution in [0.15, 0.2) is 18.2 Å². The number of hydrogen-bond acceptors (Lipinski definition) is 4. The fourth-order valence-electron chi connectivity index (χ4n) is 4.12. The molecule has 3 atom stereocenters. The Bertz CT molecular complexity index is 596. The van der Waals surface area contributed by atoms with Crippen LogP contribution >= 0.6 is 12.4 Å². The molecule has 1 aromatic carbocycles. The van der Waals surface area contributed by atoms with Crippen LogP contribution in [0.1, 0.15) is 50.1 Å². The Hall–Kier alpha value is -1.46. The summed E-state index contributed by atoms with van der Waals surface area (Å²) < 4.78 is 10.7. The maximum absolute atomic E-state index is 13.0. The third-order valence-electron chi connectivity index (χ3n) is 5.39. The molecule has 0 bridgehead atoms. The summed E-state index contributed by atoms with van der Waals surface area (Å²) in [4.78, 5) is 15.1. The third kappa shape index (κ3) is 4.21. The minimum Gasteiger partial charge on any atom is -0.493 e. The summed E-state index contributed by atoms with van der Waals surface area (Å²) in [5.41, 5.74) is 7.20. The molecular formula is C19H29ClN2O3. The number of rotatable bonds is 4. The highest BCUT2D eigenvalue weighted by molar-refractivity contribution is 5.85. The van der Waals surface area contributed by atoms with Gasteiger partial charge in [-0.05, 0) is 49.8 Å². The van der Waals surface area contributed by atoms with Crippen molar-refractivity contribution in [3.63, 3.8) is 0 Å². The molecule has 0 radical (unpaired) electrons. The fourth-order valence-corrected chi connectivity index (χ4v) is 4.12. The predicted octanol–water partition coefficient (Wildman–Crippen LogP) is 3.31. The predicted molar refractivity (Wildman–Crippen MR) is 100 cm³/mol. The van der Waals surface area contributed by atoms with Gasteiger partial charge in [-0.2, -0.15) is 0 Å². The number of hydrogen-bond donors (Lipinski definition) is 1. The van der Waals surface area contributed by atoms with E-state index in [0.29, 0.717) is 5.75 Å². The van der Waals surface area contributed by atoms with Gasteiger partial charge in [0.25, 0.3) is 0 Å². The largest absolute Gasteiger partial charge is 0.493 e. The van der Waals surface area contributed by atoms with Gasteiger partial charge in [0, 0.05) is 18.5 Å². The van der Waals surface area contributed by atoms with Gasteiger partial charge in [0.1, 0.15) is 0 Å². The Kier molecular flexibility index (Phi) is 6.96. The number of nitrogens with zero attached hydrogens (tertiary/aromatic N) is 1. The number of methoxy groups -OCH3 is 2. The summed E-state index contributed by atoms with van der Waals surface area (Å²) in [6.45, 7) is 0.837. The molecule has 1 aromatic rings. The van der Waals surface area contributed by atoms with Crippen molar-refractivity contribution in [2.24, 2.45) is 11.7 Å². The van der Waals surface area contributed by atoms with E-state index >= 15 is 0 Å². The van der Waals surface area contributed by atoms with E-state index in [-0.39, 0.29) is 36.3 Å². The van der Waals surface area contributed by atoms with Crippen molar-refractivity contribution in [1.82, 2.24) is 4.90 Å². The van der Waals surface area contributed by atoms with Gasteiger partial charge in [-0.1, -0.05) is 12.5 Å². The number of carbonyl (C=O) groups is 1. The molecule has 1 amide bonds. The summed E-state index contributed by atoms with van der Waals surface area (Å²) in [6, 6.07) is 6.28. The van der Waals surface area contributed by atoms with Crippen LogP contribution in [0.2, 0.25) is 0 Å². The SMILES string of the molecule is COc1ccc(C2CCCN2C(=O)C2CCCC(N)C2)cc1OC.Cl. The normalized spacial score (nSPS) is 26.0. The minimum absolute atomic E-state index is 0. The zero-order valence-corrected chi connectivity index (χ0v) is 15.9. The number of benzene rings is 1. The van der Waals surface area contributed by atoms with Crippen molar-refractivity contribution in [2.45, 2.75) is 50.6 Å². The summed E-state index contributed by atoms with van der Waals surface area (Å²) in [7, 11) is 3.28. The van der Waals surface area contributed by atoms with Crippen LogP contribution in [0.3, 0.4) is 0 Å².